The van der Waals surface area contributed by atoms with Gasteiger partial charge >= 0.3 is 0 Å². The number of carbonyl (C=O) groups is 1. The van der Waals surface area contributed by atoms with Crippen molar-refractivity contribution in [2.75, 3.05) is 11.9 Å². The molecule has 6 nitrogen and oxygen atoms in total. The molecule has 0 fully saturated rings. The SMILES string of the molecule is C[C@H](CNc1ccccc1)NC(=O)c1cc(-n2cccn2)ccn1. The number of carbonyl (C=O) groups excluding carboxylic acids is 1. The lowest BCUT2D eigenvalue weighted by atomic mass is 10.2. The van der Waals surface area contributed by atoms with Crippen molar-refractivity contribution in [1.82, 2.24) is 20.1 Å². The van der Waals surface area contributed by atoms with Crippen molar-refractivity contribution in [3.05, 3.63) is 72.8 Å². The molecule has 1 atom stereocenters. The third kappa shape index (κ3) is 3.98. The number of aromatic nitrogens is 3. The number of hydrogen-bond donors (Lipinski definition) is 2. The maximum atomic E-state index is 12.4. The fourth-order valence-electron chi connectivity index (χ4n) is 2.28. The van der Waals surface area contributed by atoms with E-state index in [2.05, 4.69) is 20.7 Å². The highest BCUT2D eigenvalue weighted by atomic mass is 16.1. The Bertz CT molecular complexity index is 786. The van der Waals surface area contributed by atoms with Gasteiger partial charge in [0, 0.05) is 36.9 Å². The molecule has 1 aromatic carbocycles. The van der Waals surface area contributed by atoms with Crippen molar-refractivity contribution in [2.45, 2.75) is 13.0 Å². The van der Waals surface area contributed by atoms with Crippen LogP contribution in [0.25, 0.3) is 5.69 Å². The highest BCUT2D eigenvalue weighted by Crippen LogP contribution is 2.08. The third-order valence-corrected chi connectivity index (χ3v) is 3.51. The molecule has 0 radical (unpaired) electrons. The van der Waals surface area contributed by atoms with Gasteiger partial charge in [0.15, 0.2) is 0 Å². The first kappa shape index (κ1) is 15.7. The smallest absolute Gasteiger partial charge is 0.270 e. The number of amides is 1. The van der Waals surface area contributed by atoms with Gasteiger partial charge in [0.25, 0.3) is 5.91 Å². The summed E-state index contributed by atoms with van der Waals surface area (Å²) in [5, 5.41) is 10.4. The number of anilines is 1. The normalized spacial score (nSPS) is 11.7. The first-order valence-electron chi connectivity index (χ1n) is 7.78. The van der Waals surface area contributed by atoms with Crippen molar-refractivity contribution < 1.29 is 4.79 Å². The zero-order chi connectivity index (χ0) is 16.8. The number of nitrogens with zero attached hydrogens (tertiary/aromatic N) is 3. The van der Waals surface area contributed by atoms with Crippen molar-refractivity contribution >= 4 is 11.6 Å². The van der Waals surface area contributed by atoms with Crippen LogP contribution >= 0.6 is 0 Å². The Kier molecular flexibility index (Phi) is 4.86. The van der Waals surface area contributed by atoms with E-state index in [1.165, 1.54) is 0 Å². The molecule has 24 heavy (non-hydrogen) atoms. The van der Waals surface area contributed by atoms with E-state index in [0.29, 0.717) is 12.2 Å². The van der Waals surface area contributed by atoms with E-state index in [1.807, 2.05) is 55.6 Å². The summed E-state index contributed by atoms with van der Waals surface area (Å²) in [4.78, 5) is 16.5. The van der Waals surface area contributed by atoms with E-state index in [-0.39, 0.29) is 11.9 Å². The monoisotopic (exact) mass is 321 g/mol. The van der Waals surface area contributed by atoms with E-state index in [1.54, 1.807) is 23.1 Å². The molecule has 122 valence electrons. The summed E-state index contributed by atoms with van der Waals surface area (Å²) in [7, 11) is 0. The average Bonchev–Trinajstić information content (AvgIpc) is 3.16. The Morgan fingerprint density at radius 3 is 2.75 bits per heavy atom. The number of benzene rings is 1. The molecule has 0 unspecified atom stereocenters. The van der Waals surface area contributed by atoms with Crippen LogP contribution in [0, 0.1) is 0 Å². The summed E-state index contributed by atoms with van der Waals surface area (Å²) in [6.45, 7) is 2.58. The van der Waals surface area contributed by atoms with Crippen molar-refractivity contribution in [1.29, 1.82) is 0 Å². The van der Waals surface area contributed by atoms with Crippen molar-refractivity contribution in [2.24, 2.45) is 0 Å². The number of pyridine rings is 1. The molecule has 0 saturated carbocycles. The van der Waals surface area contributed by atoms with Crippen LogP contribution in [0.1, 0.15) is 17.4 Å². The predicted octanol–water partition coefficient (Wildman–Crippen LogP) is 2.50. The third-order valence-electron chi connectivity index (χ3n) is 3.51. The molecule has 2 N–H and O–H groups in total. The lowest BCUT2D eigenvalue weighted by molar-refractivity contribution is 0.0937. The van der Waals surface area contributed by atoms with Gasteiger partial charge in [-0.3, -0.25) is 9.78 Å². The molecule has 3 rings (SSSR count). The zero-order valence-electron chi connectivity index (χ0n) is 13.4. The first-order chi connectivity index (χ1) is 11.7. The number of rotatable bonds is 6. The number of para-hydroxylation sites is 1. The van der Waals surface area contributed by atoms with Crippen LogP contribution < -0.4 is 10.6 Å². The largest absolute Gasteiger partial charge is 0.383 e. The molecule has 0 bridgehead atoms. The van der Waals surface area contributed by atoms with Gasteiger partial charge in [0.05, 0.1) is 5.69 Å². The maximum Gasteiger partial charge on any atom is 0.270 e. The fraction of sp³-hybridized carbons (Fsp3) is 0.167. The summed E-state index contributed by atoms with van der Waals surface area (Å²) in [6.07, 6.45) is 5.12. The van der Waals surface area contributed by atoms with Gasteiger partial charge < -0.3 is 10.6 Å². The molecular weight excluding hydrogens is 302 g/mol. The maximum absolute atomic E-state index is 12.4. The highest BCUT2D eigenvalue weighted by molar-refractivity contribution is 5.92. The Labute approximate surface area is 140 Å². The molecule has 0 aliphatic rings. The Morgan fingerprint density at radius 1 is 1.17 bits per heavy atom. The summed E-state index contributed by atoms with van der Waals surface area (Å²) in [6, 6.07) is 15.2. The van der Waals surface area contributed by atoms with Gasteiger partial charge in [-0.2, -0.15) is 5.10 Å². The fourth-order valence-corrected chi connectivity index (χ4v) is 2.28. The Hall–Kier alpha value is -3.15. The van der Waals surface area contributed by atoms with E-state index < -0.39 is 0 Å². The van der Waals surface area contributed by atoms with Gasteiger partial charge in [0.1, 0.15) is 5.69 Å². The van der Waals surface area contributed by atoms with Crippen LogP contribution in [0.15, 0.2) is 67.1 Å². The molecule has 0 spiro atoms. The summed E-state index contributed by atoms with van der Waals surface area (Å²) in [5.74, 6) is -0.202. The lowest BCUT2D eigenvalue weighted by Gasteiger charge is -2.15. The second kappa shape index (κ2) is 7.41. The highest BCUT2D eigenvalue weighted by Gasteiger charge is 2.12. The van der Waals surface area contributed by atoms with Gasteiger partial charge in [-0.1, -0.05) is 18.2 Å². The van der Waals surface area contributed by atoms with E-state index in [4.69, 9.17) is 0 Å². The van der Waals surface area contributed by atoms with Crippen LogP contribution in [0.2, 0.25) is 0 Å². The van der Waals surface area contributed by atoms with Gasteiger partial charge in [-0.05, 0) is 37.3 Å². The van der Waals surface area contributed by atoms with Crippen LogP contribution in [0.4, 0.5) is 5.69 Å². The zero-order valence-corrected chi connectivity index (χ0v) is 13.4. The van der Waals surface area contributed by atoms with E-state index in [0.717, 1.165) is 11.4 Å². The minimum absolute atomic E-state index is 0.0344. The molecular formula is C18H19N5O. The van der Waals surface area contributed by atoms with Crippen molar-refractivity contribution in [3.8, 4) is 5.69 Å². The van der Waals surface area contributed by atoms with Gasteiger partial charge in [-0.15, -0.1) is 0 Å². The topological polar surface area (TPSA) is 71.8 Å². The molecule has 3 aromatic rings. The Balaban J connectivity index is 1.59. The molecule has 2 heterocycles. The van der Waals surface area contributed by atoms with Crippen LogP contribution in [0.5, 0.6) is 0 Å². The van der Waals surface area contributed by atoms with E-state index >= 15 is 0 Å². The standard InChI is InChI=1S/C18H19N5O/c1-14(13-20-15-6-3-2-4-7-15)22-18(24)17-12-16(8-10-19-17)23-11-5-9-21-23/h2-12,14,20H,13H2,1H3,(H,22,24)/t14-/m1/s1. The molecule has 6 heteroatoms. The quantitative estimate of drug-likeness (QED) is 0.732. The lowest BCUT2D eigenvalue weighted by Crippen LogP contribution is -2.37. The second-order valence-corrected chi connectivity index (χ2v) is 5.47. The minimum atomic E-state index is -0.202. The average molecular weight is 321 g/mol. The molecule has 0 aliphatic heterocycles. The minimum Gasteiger partial charge on any atom is -0.383 e. The number of nitrogens with one attached hydrogen (secondary N) is 2. The molecule has 0 saturated heterocycles. The summed E-state index contributed by atoms with van der Waals surface area (Å²) < 4.78 is 1.69. The predicted molar refractivity (Wildman–Crippen MR) is 93.2 cm³/mol. The van der Waals surface area contributed by atoms with Gasteiger partial charge in [0.2, 0.25) is 0 Å². The van der Waals surface area contributed by atoms with Crippen LogP contribution in [-0.2, 0) is 0 Å². The van der Waals surface area contributed by atoms with Crippen LogP contribution in [-0.4, -0.2) is 33.3 Å². The van der Waals surface area contributed by atoms with Crippen LogP contribution in [0.3, 0.4) is 0 Å². The second-order valence-electron chi connectivity index (χ2n) is 5.47. The summed E-state index contributed by atoms with van der Waals surface area (Å²) >= 11 is 0. The van der Waals surface area contributed by atoms with Crippen molar-refractivity contribution in [3.63, 3.8) is 0 Å². The number of hydrogen-bond acceptors (Lipinski definition) is 4. The molecule has 0 aliphatic carbocycles. The summed E-state index contributed by atoms with van der Waals surface area (Å²) in [5.41, 5.74) is 2.20. The van der Waals surface area contributed by atoms with Gasteiger partial charge in [-0.25, -0.2) is 4.68 Å². The Morgan fingerprint density at radius 2 is 2.00 bits per heavy atom. The van der Waals surface area contributed by atoms with E-state index in [9.17, 15) is 4.79 Å². The molecule has 2 aromatic heterocycles. The molecule has 1 amide bonds. The first-order valence-corrected chi connectivity index (χ1v) is 7.78.